The van der Waals surface area contributed by atoms with E-state index in [4.69, 9.17) is 0 Å². The summed E-state index contributed by atoms with van der Waals surface area (Å²) in [5.74, 6) is 0.0470. The molecule has 0 atom stereocenters. The molecule has 0 fully saturated rings. The first kappa shape index (κ1) is 13.1. The molecule has 0 aliphatic heterocycles. The van der Waals surface area contributed by atoms with E-state index in [1.807, 2.05) is 12.1 Å². The second-order valence-electron chi connectivity index (χ2n) is 4.37. The molecule has 1 heterocycles. The zero-order chi connectivity index (χ0) is 13.7. The van der Waals surface area contributed by atoms with Crippen molar-refractivity contribution in [2.45, 2.75) is 13.3 Å². The van der Waals surface area contributed by atoms with Crippen LogP contribution in [0.15, 0.2) is 42.7 Å². The number of aromatic hydroxyl groups is 1. The van der Waals surface area contributed by atoms with Gasteiger partial charge in [0.1, 0.15) is 5.75 Å². The van der Waals surface area contributed by atoms with Gasteiger partial charge in [0.2, 0.25) is 0 Å². The largest absolute Gasteiger partial charge is 0.508 e. The van der Waals surface area contributed by atoms with Gasteiger partial charge in [-0.05, 0) is 48.7 Å². The van der Waals surface area contributed by atoms with Gasteiger partial charge in [0.15, 0.2) is 0 Å². The summed E-state index contributed by atoms with van der Waals surface area (Å²) in [6, 6.07) is 8.58. The molecule has 0 saturated carbocycles. The van der Waals surface area contributed by atoms with Gasteiger partial charge in [0.05, 0.1) is 0 Å². The predicted octanol–water partition coefficient (Wildman–Crippen LogP) is 2.07. The molecule has 2 aromatic rings. The Morgan fingerprint density at radius 1 is 1.37 bits per heavy atom. The average Bonchev–Trinajstić information content (AvgIpc) is 2.39. The second-order valence-corrected chi connectivity index (χ2v) is 4.37. The van der Waals surface area contributed by atoms with E-state index in [0.717, 1.165) is 17.5 Å². The zero-order valence-electron chi connectivity index (χ0n) is 10.8. The van der Waals surface area contributed by atoms with Gasteiger partial charge in [-0.2, -0.15) is 0 Å². The predicted molar refractivity (Wildman–Crippen MR) is 73.1 cm³/mol. The highest BCUT2D eigenvalue weighted by Gasteiger charge is 2.08. The number of amides is 1. The van der Waals surface area contributed by atoms with Gasteiger partial charge in [-0.3, -0.25) is 9.78 Å². The number of hydrogen-bond donors (Lipinski definition) is 2. The van der Waals surface area contributed by atoms with E-state index < -0.39 is 0 Å². The van der Waals surface area contributed by atoms with Crippen molar-refractivity contribution in [1.29, 1.82) is 0 Å². The summed E-state index contributed by atoms with van der Waals surface area (Å²) in [4.78, 5) is 16.0. The maximum absolute atomic E-state index is 12.0. The maximum atomic E-state index is 12.0. The number of carbonyl (C=O) groups excluding carboxylic acids is 1. The normalized spacial score (nSPS) is 10.2. The minimum absolute atomic E-state index is 0.124. The van der Waals surface area contributed by atoms with Crippen LogP contribution in [0.25, 0.3) is 0 Å². The topological polar surface area (TPSA) is 62.2 Å². The van der Waals surface area contributed by atoms with Crippen LogP contribution in [-0.2, 0) is 6.42 Å². The monoisotopic (exact) mass is 256 g/mol. The summed E-state index contributed by atoms with van der Waals surface area (Å²) in [5.41, 5.74) is 2.44. The van der Waals surface area contributed by atoms with Crippen molar-refractivity contribution in [1.82, 2.24) is 10.3 Å². The van der Waals surface area contributed by atoms with Crippen molar-refractivity contribution in [2.75, 3.05) is 6.54 Å². The van der Waals surface area contributed by atoms with E-state index in [2.05, 4.69) is 10.3 Å². The molecule has 0 aliphatic carbocycles. The summed E-state index contributed by atoms with van der Waals surface area (Å²) in [6.07, 6.45) is 4.26. The molecule has 0 aliphatic rings. The third kappa shape index (κ3) is 3.55. The number of rotatable bonds is 4. The lowest BCUT2D eigenvalue weighted by molar-refractivity contribution is 0.0953. The molecule has 2 rings (SSSR count). The molecule has 19 heavy (non-hydrogen) atoms. The standard InChI is InChI=1S/C15H16N2O2/c1-11-9-13(18)4-5-14(11)15(19)17-8-6-12-3-2-7-16-10-12/h2-5,7,9-10,18H,6,8H2,1H3,(H,17,19). The number of nitrogens with one attached hydrogen (secondary N) is 1. The van der Waals surface area contributed by atoms with Crippen LogP contribution in [0.3, 0.4) is 0 Å². The van der Waals surface area contributed by atoms with Crippen LogP contribution in [0, 0.1) is 6.92 Å². The quantitative estimate of drug-likeness (QED) is 0.880. The van der Waals surface area contributed by atoms with Crippen LogP contribution in [-0.4, -0.2) is 22.5 Å². The Morgan fingerprint density at radius 2 is 2.21 bits per heavy atom. The highest BCUT2D eigenvalue weighted by Crippen LogP contribution is 2.15. The SMILES string of the molecule is Cc1cc(O)ccc1C(=O)NCCc1cccnc1. The lowest BCUT2D eigenvalue weighted by Crippen LogP contribution is -2.26. The van der Waals surface area contributed by atoms with Gasteiger partial charge in [-0.25, -0.2) is 0 Å². The van der Waals surface area contributed by atoms with Gasteiger partial charge in [0.25, 0.3) is 5.91 Å². The van der Waals surface area contributed by atoms with E-state index in [0.29, 0.717) is 12.1 Å². The Morgan fingerprint density at radius 3 is 2.89 bits per heavy atom. The minimum atomic E-state index is -0.124. The molecule has 0 unspecified atom stereocenters. The van der Waals surface area contributed by atoms with Crippen LogP contribution < -0.4 is 5.32 Å². The van der Waals surface area contributed by atoms with E-state index in [1.165, 1.54) is 6.07 Å². The van der Waals surface area contributed by atoms with Crippen LogP contribution in [0.5, 0.6) is 5.75 Å². The Bertz CT molecular complexity index is 568. The molecular weight excluding hydrogens is 240 g/mol. The second kappa shape index (κ2) is 6.00. The smallest absolute Gasteiger partial charge is 0.251 e. The number of phenolic OH excluding ortho intramolecular Hbond substituents is 1. The zero-order valence-corrected chi connectivity index (χ0v) is 10.8. The fourth-order valence-electron chi connectivity index (χ4n) is 1.86. The summed E-state index contributed by atoms with van der Waals surface area (Å²) >= 11 is 0. The van der Waals surface area contributed by atoms with Crippen LogP contribution in [0.4, 0.5) is 0 Å². The maximum Gasteiger partial charge on any atom is 0.251 e. The Hall–Kier alpha value is -2.36. The first-order valence-corrected chi connectivity index (χ1v) is 6.13. The molecule has 0 saturated heterocycles. The van der Waals surface area contributed by atoms with Gasteiger partial charge < -0.3 is 10.4 Å². The molecule has 0 bridgehead atoms. The molecule has 4 nitrogen and oxygen atoms in total. The third-order valence-electron chi connectivity index (χ3n) is 2.88. The molecule has 4 heteroatoms. The first-order valence-electron chi connectivity index (χ1n) is 6.13. The van der Waals surface area contributed by atoms with Crippen molar-refractivity contribution in [2.24, 2.45) is 0 Å². The Balaban J connectivity index is 1.91. The molecule has 1 amide bonds. The van der Waals surface area contributed by atoms with Gasteiger partial charge in [-0.15, -0.1) is 0 Å². The van der Waals surface area contributed by atoms with Crippen molar-refractivity contribution in [3.8, 4) is 5.75 Å². The van der Waals surface area contributed by atoms with Crippen molar-refractivity contribution >= 4 is 5.91 Å². The summed E-state index contributed by atoms with van der Waals surface area (Å²) < 4.78 is 0. The summed E-state index contributed by atoms with van der Waals surface area (Å²) in [5, 5.41) is 12.2. The molecule has 0 radical (unpaired) electrons. The van der Waals surface area contributed by atoms with Crippen molar-refractivity contribution in [3.05, 3.63) is 59.4 Å². The van der Waals surface area contributed by atoms with Crippen LogP contribution in [0.2, 0.25) is 0 Å². The van der Waals surface area contributed by atoms with E-state index in [9.17, 15) is 9.90 Å². The van der Waals surface area contributed by atoms with E-state index in [1.54, 1.807) is 31.5 Å². The number of pyridine rings is 1. The number of carbonyl (C=O) groups is 1. The van der Waals surface area contributed by atoms with E-state index >= 15 is 0 Å². The molecule has 1 aromatic heterocycles. The average molecular weight is 256 g/mol. The number of phenols is 1. The lowest BCUT2D eigenvalue weighted by Gasteiger charge is -2.08. The number of nitrogens with zero attached hydrogens (tertiary/aromatic N) is 1. The Kier molecular flexibility index (Phi) is 4.13. The highest BCUT2D eigenvalue weighted by molar-refractivity contribution is 5.95. The van der Waals surface area contributed by atoms with Crippen molar-refractivity contribution in [3.63, 3.8) is 0 Å². The number of aromatic nitrogens is 1. The van der Waals surface area contributed by atoms with Crippen molar-refractivity contribution < 1.29 is 9.90 Å². The number of benzene rings is 1. The minimum Gasteiger partial charge on any atom is -0.508 e. The van der Waals surface area contributed by atoms with Crippen LogP contribution >= 0.6 is 0 Å². The Labute approximate surface area is 112 Å². The van der Waals surface area contributed by atoms with Gasteiger partial charge >= 0.3 is 0 Å². The molecule has 1 aromatic carbocycles. The third-order valence-corrected chi connectivity index (χ3v) is 2.88. The molecular formula is C15H16N2O2. The fraction of sp³-hybridized carbons (Fsp3) is 0.200. The summed E-state index contributed by atoms with van der Waals surface area (Å²) in [6.45, 7) is 2.36. The van der Waals surface area contributed by atoms with Gasteiger partial charge in [-0.1, -0.05) is 6.07 Å². The number of aryl methyl sites for hydroxylation is 1. The molecule has 2 N–H and O–H groups in total. The lowest BCUT2D eigenvalue weighted by atomic mass is 10.1. The molecule has 98 valence electrons. The fourth-order valence-corrected chi connectivity index (χ4v) is 1.86. The highest BCUT2D eigenvalue weighted by atomic mass is 16.3. The summed E-state index contributed by atoms with van der Waals surface area (Å²) in [7, 11) is 0. The first-order chi connectivity index (χ1) is 9.16. The number of hydrogen-bond acceptors (Lipinski definition) is 3. The van der Waals surface area contributed by atoms with Crippen LogP contribution in [0.1, 0.15) is 21.5 Å². The van der Waals surface area contributed by atoms with E-state index in [-0.39, 0.29) is 11.7 Å². The van der Waals surface area contributed by atoms with Gasteiger partial charge in [0, 0.05) is 24.5 Å². The molecule has 0 spiro atoms.